The van der Waals surface area contributed by atoms with Gasteiger partial charge in [0.1, 0.15) is 11.9 Å². The third kappa shape index (κ3) is 2.98. The van der Waals surface area contributed by atoms with E-state index in [2.05, 4.69) is 17.0 Å². The Morgan fingerprint density at radius 3 is 2.86 bits per heavy atom. The molecule has 0 amide bonds. The third-order valence-electron chi connectivity index (χ3n) is 6.16. The van der Waals surface area contributed by atoms with Crippen molar-refractivity contribution in [3.63, 3.8) is 0 Å². The number of hydrogen-bond acceptors (Lipinski definition) is 5. The molecule has 2 unspecified atom stereocenters. The molecule has 3 atom stereocenters. The lowest BCUT2D eigenvalue weighted by molar-refractivity contribution is 0.0830. The lowest BCUT2D eigenvalue weighted by Gasteiger charge is -2.35. The van der Waals surface area contributed by atoms with E-state index in [-0.39, 0.29) is 11.5 Å². The summed E-state index contributed by atoms with van der Waals surface area (Å²) in [5, 5.41) is 10.7. The maximum atomic E-state index is 10.2. The molecule has 2 heterocycles. The number of benzene rings is 2. The number of aliphatic hydroxyl groups is 1. The Morgan fingerprint density at radius 2 is 2.07 bits per heavy atom. The van der Waals surface area contributed by atoms with Crippen LogP contribution in [0.25, 0.3) is 0 Å². The quantitative estimate of drug-likeness (QED) is 0.604. The molecule has 1 spiro atoms. The number of thiocarbonyl (C=S) groups is 1. The number of rotatable bonds is 2. The van der Waals surface area contributed by atoms with Gasteiger partial charge in [0.2, 0.25) is 0 Å². The van der Waals surface area contributed by atoms with Gasteiger partial charge in [0.15, 0.2) is 11.5 Å². The van der Waals surface area contributed by atoms with Crippen molar-refractivity contribution in [3.05, 3.63) is 65.7 Å². The Balaban J connectivity index is 1.52. The number of aliphatic hydroxyl groups excluding tert-OH is 1. The van der Waals surface area contributed by atoms with Gasteiger partial charge < -0.3 is 24.2 Å². The zero-order valence-corrected chi connectivity index (χ0v) is 17.0. The molecular weight excluding hydrogens is 386 g/mol. The van der Waals surface area contributed by atoms with E-state index in [1.165, 1.54) is 0 Å². The number of methoxy groups -OCH3 is 1. The van der Waals surface area contributed by atoms with Crippen LogP contribution >= 0.6 is 12.2 Å². The molecule has 1 aliphatic carbocycles. The third-order valence-corrected chi connectivity index (χ3v) is 6.50. The molecule has 5 nitrogen and oxygen atoms in total. The first-order valence-corrected chi connectivity index (χ1v) is 10.3. The van der Waals surface area contributed by atoms with Crippen LogP contribution in [0.3, 0.4) is 0 Å². The summed E-state index contributed by atoms with van der Waals surface area (Å²) >= 11 is 5.64. The average molecular weight is 410 g/mol. The number of ether oxygens (including phenoxy) is 3. The fraction of sp³-hybridized carbons (Fsp3) is 0.348. The van der Waals surface area contributed by atoms with Crippen LogP contribution in [-0.2, 0) is 12.0 Å². The van der Waals surface area contributed by atoms with E-state index < -0.39 is 6.10 Å². The second-order valence-corrected chi connectivity index (χ2v) is 8.14. The Kier molecular flexibility index (Phi) is 4.48. The van der Waals surface area contributed by atoms with Gasteiger partial charge >= 0.3 is 0 Å². The minimum absolute atomic E-state index is 0.115. The summed E-state index contributed by atoms with van der Waals surface area (Å²) in [6, 6.07) is 13.7. The SMILES string of the molecule is COc1ccc2c3c1O[C@@H]1CC(O)C=CC31CCN(C(=S)Oc1ccccc1)C2. The fourth-order valence-corrected chi connectivity index (χ4v) is 5.00. The first-order chi connectivity index (χ1) is 14.1. The van der Waals surface area contributed by atoms with Crippen molar-refractivity contribution in [2.75, 3.05) is 13.7 Å². The monoisotopic (exact) mass is 409 g/mol. The van der Waals surface area contributed by atoms with E-state index in [0.29, 0.717) is 18.1 Å². The van der Waals surface area contributed by atoms with Gasteiger partial charge in [-0.3, -0.25) is 0 Å². The Hall–Kier alpha value is -2.57. The van der Waals surface area contributed by atoms with Crippen LogP contribution in [0.5, 0.6) is 17.2 Å². The summed E-state index contributed by atoms with van der Waals surface area (Å²) in [5.41, 5.74) is 2.03. The summed E-state index contributed by atoms with van der Waals surface area (Å²) < 4.78 is 17.9. The predicted molar refractivity (Wildman–Crippen MR) is 114 cm³/mol. The van der Waals surface area contributed by atoms with E-state index in [1.54, 1.807) is 7.11 Å². The van der Waals surface area contributed by atoms with Crippen molar-refractivity contribution < 1.29 is 19.3 Å². The van der Waals surface area contributed by atoms with Crippen molar-refractivity contribution in [1.82, 2.24) is 4.90 Å². The first-order valence-electron chi connectivity index (χ1n) is 9.87. The molecule has 1 N–H and O–H groups in total. The molecule has 2 aromatic rings. The van der Waals surface area contributed by atoms with Crippen LogP contribution in [0.4, 0.5) is 0 Å². The normalized spacial score (nSPS) is 26.8. The molecule has 2 aliphatic heterocycles. The van der Waals surface area contributed by atoms with Crippen molar-refractivity contribution >= 4 is 17.4 Å². The highest BCUT2D eigenvalue weighted by Gasteiger charge is 2.53. The maximum Gasteiger partial charge on any atom is 0.265 e. The van der Waals surface area contributed by atoms with Gasteiger partial charge in [0.25, 0.3) is 5.17 Å². The van der Waals surface area contributed by atoms with Crippen molar-refractivity contribution in [2.24, 2.45) is 0 Å². The smallest absolute Gasteiger partial charge is 0.265 e. The van der Waals surface area contributed by atoms with Crippen molar-refractivity contribution in [2.45, 2.75) is 37.0 Å². The van der Waals surface area contributed by atoms with Crippen LogP contribution in [0.1, 0.15) is 24.0 Å². The van der Waals surface area contributed by atoms with Crippen molar-refractivity contribution in [3.8, 4) is 17.2 Å². The first kappa shape index (κ1) is 18.5. The largest absolute Gasteiger partial charge is 0.493 e. The van der Waals surface area contributed by atoms with Crippen LogP contribution < -0.4 is 14.2 Å². The molecular formula is C23H23NO4S. The van der Waals surface area contributed by atoms with E-state index in [1.807, 2.05) is 42.5 Å². The van der Waals surface area contributed by atoms with Crippen LogP contribution in [0, 0.1) is 0 Å². The predicted octanol–water partition coefficient (Wildman–Crippen LogP) is 3.58. The lowest BCUT2D eigenvalue weighted by Crippen LogP contribution is -2.43. The molecule has 0 fully saturated rings. The van der Waals surface area contributed by atoms with E-state index in [4.69, 9.17) is 26.4 Å². The molecule has 0 bridgehead atoms. The highest BCUT2D eigenvalue weighted by molar-refractivity contribution is 7.80. The Bertz CT molecular complexity index is 976. The molecule has 0 saturated heterocycles. The zero-order chi connectivity index (χ0) is 20.0. The van der Waals surface area contributed by atoms with E-state index in [9.17, 15) is 5.11 Å². The van der Waals surface area contributed by atoms with Gasteiger partial charge in [-0.1, -0.05) is 36.4 Å². The summed E-state index contributed by atoms with van der Waals surface area (Å²) in [5.74, 6) is 2.27. The van der Waals surface area contributed by atoms with Gasteiger partial charge in [0, 0.05) is 25.1 Å². The number of hydrogen-bond donors (Lipinski definition) is 1. The molecule has 0 aromatic heterocycles. The summed E-state index contributed by atoms with van der Waals surface area (Å²) in [6.45, 7) is 1.38. The molecule has 6 heteroatoms. The van der Waals surface area contributed by atoms with Gasteiger partial charge in [-0.05, 0) is 42.4 Å². The Morgan fingerprint density at radius 1 is 1.24 bits per heavy atom. The van der Waals surface area contributed by atoms with Crippen LogP contribution in [0.2, 0.25) is 0 Å². The van der Waals surface area contributed by atoms with Crippen LogP contribution in [0.15, 0.2) is 54.6 Å². The number of nitrogens with zero attached hydrogens (tertiary/aromatic N) is 1. The number of para-hydroxylation sites is 1. The van der Waals surface area contributed by atoms with E-state index in [0.717, 1.165) is 41.3 Å². The topological polar surface area (TPSA) is 51.2 Å². The van der Waals surface area contributed by atoms with Gasteiger partial charge in [0.05, 0.1) is 18.6 Å². The molecule has 150 valence electrons. The molecule has 3 aliphatic rings. The average Bonchev–Trinajstić information content (AvgIpc) is 2.96. The van der Waals surface area contributed by atoms with Gasteiger partial charge in [-0.2, -0.15) is 0 Å². The minimum atomic E-state index is -0.490. The summed E-state index contributed by atoms with van der Waals surface area (Å²) in [4.78, 5) is 2.10. The molecule has 0 radical (unpaired) electrons. The second kappa shape index (κ2) is 7.04. The van der Waals surface area contributed by atoms with Gasteiger partial charge in [-0.15, -0.1) is 0 Å². The van der Waals surface area contributed by atoms with Crippen LogP contribution in [-0.4, -0.2) is 41.0 Å². The summed E-state index contributed by atoms with van der Waals surface area (Å²) in [7, 11) is 1.66. The molecule has 2 aromatic carbocycles. The lowest BCUT2D eigenvalue weighted by atomic mass is 9.69. The van der Waals surface area contributed by atoms with Crippen molar-refractivity contribution in [1.29, 1.82) is 0 Å². The maximum absolute atomic E-state index is 10.2. The van der Waals surface area contributed by atoms with E-state index >= 15 is 0 Å². The zero-order valence-electron chi connectivity index (χ0n) is 16.2. The molecule has 0 saturated carbocycles. The standard InChI is InChI=1S/C23H23NO4S/c1-26-18-8-7-15-14-24(22(29)27-17-5-3-2-4-6-17)12-11-23-10-9-16(25)13-19(23)28-21(18)20(15)23/h2-10,16,19,25H,11-14H2,1H3/t16?,19-,23?/m1/s1. The minimum Gasteiger partial charge on any atom is -0.493 e. The Labute approximate surface area is 175 Å². The highest BCUT2D eigenvalue weighted by atomic mass is 32.1. The van der Waals surface area contributed by atoms with Gasteiger partial charge in [-0.25, -0.2) is 0 Å². The summed E-state index contributed by atoms with van der Waals surface area (Å²) in [6.07, 6.45) is 4.82. The fourth-order valence-electron chi connectivity index (χ4n) is 4.75. The highest BCUT2D eigenvalue weighted by Crippen LogP contribution is 2.55. The second-order valence-electron chi connectivity index (χ2n) is 7.79. The molecule has 5 rings (SSSR count). The molecule has 29 heavy (non-hydrogen) atoms.